The number of benzene rings is 1. The number of aliphatic hydroxyl groups is 1. The molecule has 1 unspecified atom stereocenters. The fraction of sp³-hybridized carbons (Fsp3) is 0.500. The maximum atomic E-state index is 13.3. The van der Waals surface area contributed by atoms with Crippen molar-refractivity contribution in [1.29, 1.82) is 0 Å². The van der Waals surface area contributed by atoms with E-state index < -0.39 is 12.0 Å². The van der Waals surface area contributed by atoms with E-state index >= 15 is 0 Å². The normalized spacial score (nSPS) is 12.3. The van der Waals surface area contributed by atoms with Gasteiger partial charge in [0.15, 0.2) is 0 Å². The van der Waals surface area contributed by atoms with Gasteiger partial charge in [0.25, 0.3) is 0 Å². The second-order valence-electron chi connectivity index (χ2n) is 4.48. The maximum Gasteiger partial charge on any atom is 0.243 e. The lowest BCUT2D eigenvalue weighted by Crippen LogP contribution is -2.33. The van der Waals surface area contributed by atoms with Gasteiger partial charge in [0.05, 0.1) is 25.9 Å². The number of carbonyl (C=O) groups is 1. The fourth-order valence-corrected chi connectivity index (χ4v) is 1.57. The largest absolute Gasteiger partial charge is 0.389 e. The Hall–Kier alpha value is -1.54. The fourth-order valence-electron chi connectivity index (χ4n) is 1.57. The van der Waals surface area contributed by atoms with Crippen LogP contribution < -0.4 is 11.1 Å². The molecule has 0 aromatic heterocycles. The van der Waals surface area contributed by atoms with Crippen LogP contribution in [0.15, 0.2) is 24.3 Å². The van der Waals surface area contributed by atoms with E-state index in [-0.39, 0.29) is 25.6 Å². The van der Waals surface area contributed by atoms with Gasteiger partial charge in [-0.25, -0.2) is 4.39 Å². The summed E-state index contributed by atoms with van der Waals surface area (Å²) in [7, 11) is 0. The lowest BCUT2D eigenvalue weighted by molar-refractivity contribution is -0.122. The van der Waals surface area contributed by atoms with Gasteiger partial charge in [-0.15, -0.1) is 0 Å². The maximum absolute atomic E-state index is 13.3. The number of hydrogen-bond acceptors (Lipinski definition) is 5. The van der Waals surface area contributed by atoms with E-state index in [4.69, 9.17) is 15.2 Å². The Balaban J connectivity index is 2.02. The highest BCUT2D eigenvalue weighted by Gasteiger charge is 2.05. The van der Waals surface area contributed by atoms with Crippen LogP contribution in [0, 0.1) is 5.82 Å². The average Bonchev–Trinajstić information content (AvgIpc) is 2.44. The molecule has 0 bridgehead atoms. The number of rotatable bonds is 11. The summed E-state index contributed by atoms with van der Waals surface area (Å²) in [6, 6.07) is 6.34. The van der Waals surface area contributed by atoms with Crippen molar-refractivity contribution in [3.8, 4) is 0 Å². The van der Waals surface area contributed by atoms with Crippen LogP contribution in [-0.4, -0.2) is 50.0 Å². The predicted molar refractivity (Wildman–Crippen MR) is 74.9 cm³/mol. The summed E-state index contributed by atoms with van der Waals surface area (Å²) >= 11 is 0. The minimum atomic E-state index is -0.701. The van der Waals surface area contributed by atoms with Gasteiger partial charge in [-0.05, 0) is 6.07 Å². The third kappa shape index (κ3) is 8.36. The summed E-state index contributed by atoms with van der Waals surface area (Å²) in [5.74, 6) is -0.840. The number of halogens is 1. The second kappa shape index (κ2) is 10.2. The van der Waals surface area contributed by atoms with Crippen molar-refractivity contribution >= 4 is 5.91 Å². The number of amides is 1. The van der Waals surface area contributed by atoms with Crippen LogP contribution in [0.4, 0.5) is 4.39 Å². The van der Waals surface area contributed by atoms with Crippen molar-refractivity contribution in [2.45, 2.75) is 12.7 Å². The zero-order valence-corrected chi connectivity index (χ0v) is 11.8. The Morgan fingerprint density at radius 1 is 1.38 bits per heavy atom. The molecule has 7 heteroatoms. The van der Waals surface area contributed by atoms with Gasteiger partial charge in [0.2, 0.25) is 5.91 Å². The molecular weight excluding hydrogens is 279 g/mol. The number of primary amides is 1. The molecule has 6 nitrogen and oxygen atoms in total. The molecule has 0 aliphatic carbocycles. The van der Waals surface area contributed by atoms with E-state index in [1.807, 2.05) is 0 Å². The van der Waals surface area contributed by atoms with Crippen molar-refractivity contribution in [2.24, 2.45) is 5.73 Å². The second-order valence-corrected chi connectivity index (χ2v) is 4.48. The Bertz CT molecular complexity index is 431. The summed E-state index contributed by atoms with van der Waals surface area (Å²) in [6.45, 7) is 1.23. The number of carbonyl (C=O) groups excluding carboxylic acids is 1. The van der Waals surface area contributed by atoms with Gasteiger partial charge >= 0.3 is 0 Å². The molecule has 0 fully saturated rings. The number of aliphatic hydroxyl groups excluding tert-OH is 1. The molecule has 0 saturated carbocycles. The molecule has 1 aromatic carbocycles. The lowest BCUT2D eigenvalue weighted by atomic mass is 10.2. The van der Waals surface area contributed by atoms with Crippen molar-refractivity contribution in [3.05, 3.63) is 35.6 Å². The van der Waals surface area contributed by atoms with E-state index in [0.29, 0.717) is 25.3 Å². The number of hydrogen-bond donors (Lipinski definition) is 3. The molecule has 0 heterocycles. The topological polar surface area (TPSA) is 93.8 Å². The zero-order valence-electron chi connectivity index (χ0n) is 11.8. The molecule has 1 rings (SSSR count). The molecule has 1 amide bonds. The molecule has 0 aliphatic heterocycles. The highest BCUT2D eigenvalue weighted by molar-refractivity contribution is 5.74. The quantitative estimate of drug-likeness (QED) is 0.492. The van der Waals surface area contributed by atoms with Gasteiger partial charge < -0.3 is 25.6 Å². The Morgan fingerprint density at radius 2 is 2.14 bits per heavy atom. The third-order valence-electron chi connectivity index (χ3n) is 2.57. The summed E-state index contributed by atoms with van der Waals surface area (Å²) < 4.78 is 23.5. The number of nitrogens with one attached hydrogen (secondary N) is 1. The molecule has 118 valence electrons. The summed E-state index contributed by atoms with van der Waals surface area (Å²) in [5, 5.41) is 12.6. The van der Waals surface area contributed by atoms with Crippen LogP contribution in [0.5, 0.6) is 0 Å². The van der Waals surface area contributed by atoms with E-state index in [0.717, 1.165) is 0 Å². The summed E-state index contributed by atoms with van der Waals surface area (Å²) in [4.78, 5) is 10.4. The molecule has 4 N–H and O–H groups in total. The first-order valence-corrected chi connectivity index (χ1v) is 6.65. The first-order chi connectivity index (χ1) is 10.1. The van der Waals surface area contributed by atoms with Crippen LogP contribution in [0.3, 0.4) is 0 Å². The van der Waals surface area contributed by atoms with Gasteiger partial charge in [0.1, 0.15) is 12.4 Å². The lowest BCUT2D eigenvalue weighted by Gasteiger charge is -2.12. The van der Waals surface area contributed by atoms with Gasteiger partial charge in [-0.1, -0.05) is 18.2 Å². The number of ether oxygens (including phenoxy) is 2. The molecule has 0 radical (unpaired) electrons. The monoisotopic (exact) mass is 300 g/mol. The Labute approximate surface area is 123 Å². The van der Waals surface area contributed by atoms with Crippen molar-refractivity contribution in [3.63, 3.8) is 0 Å². The van der Waals surface area contributed by atoms with Crippen LogP contribution in [-0.2, 0) is 20.9 Å². The number of nitrogens with two attached hydrogens (primary N) is 1. The standard InChI is InChI=1S/C14H21FN2O4/c15-13-4-2-1-3-11(13)8-21-9-12(18)7-17-5-6-20-10-14(16)19/h1-4,12,17-18H,5-10H2,(H2,16,19). The average molecular weight is 300 g/mol. The first kappa shape index (κ1) is 17.5. The van der Waals surface area contributed by atoms with Crippen molar-refractivity contribution in [2.75, 3.05) is 32.9 Å². The van der Waals surface area contributed by atoms with E-state index in [1.165, 1.54) is 6.07 Å². The summed E-state index contributed by atoms with van der Waals surface area (Å²) in [6.07, 6.45) is -0.701. The molecule has 0 saturated heterocycles. The molecule has 1 aromatic rings. The van der Waals surface area contributed by atoms with E-state index in [1.54, 1.807) is 18.2 Å². The highest BCUT2D eigenvalue weighted by Crippen LogP contribution is 2.07. The Morgan fingerprint density at radius 3 is 2.86 bits per heavy atom. The highest BCUT2D eigenvalue weighted by atomic mass is 19.1. The molecule has 0 spiro atoms. The smallest absolute Gasteiger partial charge is 0.243 e. The molecule has 1 atom stereocenters. The summed E-state index contributed by atoms with van der Waals surface area (Å²) in [5.41, 5.74) is 5.36. The molecule has 21 heavy (non-hydrogen) atoms. The molecular formula is C14H21FN2O4. The van der Waals surface area contributed by atoms with E-state index in [2.05, 4.69) is 5.32 Å². The third-order valence-corrected chi connectivity index (χ3v) is 2.57. The van der Waals surface area contributed by atoms with Crippen LogP contribution in [0.2, 0.25) is 0 Å². The van der Waals surface area contributed by atoms with E-state index in [9.17, 15) is 14.3 Å². The zero-order chi connectivity index (χ0) is 15.5. The van der Waals surface area contributed by atoms with Gasteiger partial charge in [-0.2, -0.15) is 0 Å². The minimum Gasteiger partial charge on any atom is -0.389 e. The van der Waals surface area contributed by atoms with Crippen LogP contribution >= 0.6 is 0 Å². The molecule has 0 aliphatic rings. The van der Waals surface area contributed by atoms with Crippen molar-refractivity contribution < 1.29 is 23.8 Å². The Kier molecular flexibility index (Phi) is 8.53. The first-order valence-electron chi connectivity index (χ1n) is 6.65. The van der Waals surface area contributed by atoms with Gasteiger partial charge in [0, 0.05) is 18.7 Å². The van der Waals surface area contributed by atoms with Crippen LogP contribution in [0.1, 0.15) is 5.56 Å². The van der Waals surface area contributed by atoms with Gasteiger partial charge in [-0.3, -0.25) is 4.79 Å². The SMILES string of the molecule is NC(=O)COCCNCC(O)COCc1ccccc1F. The minimum absolute atomic E-state index is 0.101. The predicted octanol–water partition coefficient (Wildman–Crippen LogP) is -0.205. The van der Waals surface area contributed by atoms with Crippen molar-refractivity contribution in [1.82, 2.24) is 5.32 Å². The van der Waals surface area contributed by atoms with Crippen LogP contribution in [0.25, 0.3) is 0 Å².